The standard InChI is InChI=1S/C17H21FN2O7S/c1-26-14-3-2-11(6-13(14)18)8-17(23)27-9-16(22)20-19-15(21)7-12-4-5-28(24,25)10-12/h2-3,6,12H,4-5,7-10H2,1H3,(H,19,21)(H,20,22)/t12-/m1/s1. The van der Waals surface area contributed by atoms with Crippen molar-refractivity contribution in [3.63, 3.8) is 0 Å². The fourth-order valence-corrected chi connectivity index (χ4v) is 4.57. The van der Waals surface area contributed by atoms with Gasteiger partial charge in [0.2, 0.25) is 5.91 Å². The first-order valence-electron chi connectivity index (χ1n) is 8.44. The second kappa shape index (κ2) is 9.49. The fourth-order valence-electron chi connectivity index (χ4n) is 2.71. The van der Waals surface area contributed by atoms with Gasteiger partial charge < -0.3 is 9.47 Å². The number of nitrogens with one attached hydrogen (secondary N) is 2. The zero-order valence-electron chi connectivity index (χ0n) is 15.2. The zero-order chi connectivity index (χ0) is 20.7. The van der Waals surface area contributed by atoms with Crippen molar-refractivity contribution in [2.45, 2.75) is 19.3 Å². The minimum atomic E-state index is -3.08. The Morgan fingerprint density at radius 3 is 2.54 bits per heavy atom. The summed E-state index contributed by atoms with van der Waals surface area (Å²) in [6, 6.07) is 3.99. The molecule has 1 aromatic rings. The molecule has 1 aromatic carbocycles. The molecule has 0 unspecified atom stereocenters. The van der Waals surface area contributed by atoms with Crippen LogP contribution in [0.4, 0.5) is 4.39 Å². The number of rotatable bonds is 7. The average molecular weight is 416 g/mol. The molecule has 0 aromatic heterocycles. The topological polar surface area (TPSA) is 128 Å². The first-order chi connectivity index (χ1) is 13.2. The third kappa shape index (κ3) is 6.80. The molecule has 2 N–H and O–H groups in total. The summed E-state index contributed by atoms with van der Waals surface area (Å²) >= 11 is 0. The summed E-state index contributed by atoms with van der Waals surface area (Å²) in [6.45, 7) is -0.629. The molecule has 1 fully saturated rings. The van der Waals surface area contributed by atoms with Crippen LogP contribution in [0.3, 0.4) is 0 Å². The Balaban J connectivity index is 1.67. The number of ether oxygens (including phenoxy) is 2. The normalized spacial score (nSPS) is 17.6. The van der Waals surface area contributed by atoms with Crippen LogP contribution in [0.15, 0.2) is 18.2 Å². The summed E-state index contributed by atoms with van der Waals surface area (Å²) in [5, 5.41) is 0. The smallest absolute Gasteiger partial charge is 0.310 e. The van der Waals surface area contributed by atoms with Gasteiger partial charge in [-0.1, -0.05) is 6.07 Å². The van der Waals surface area contributed by atoms with Crippen molar-refractivity contribution < 1.29 is 36.7 Å². The summed E-state index contributed by atoms with van der Waals surface area (Å²) in [5.41, 5.74) is 4.57. The monoisotopic (exact) mass is 416 g/mol. The predicted octanol–water partition coefficient (Wildman–Crippen LogP) is -0.108. The highest BCUT2D eigenvalue weighted by molar-refractivity contribution is 7.91. The van der Waals surface area contributed by atoms with E-state index in [0.717, 1.165) is 6.07 Å². The lowest BCUT2D eigenvalue weighted by molar-refractivity contribution is -0.148. The van der Waals surface area contributed by atoms with Crippen LogP contribution < -0.4 is 15.6 Å². The number of benzene rings is 1. The Morgan fingerprint density at radius 1 is 1.21 bits per heavy atom. The Bertz CT molecular complexity index is 857. The number of esters is 1. The number of halogens is 1. The van der Waals surface area contributed by atoms with Crippen molar-refractivity contribution in [1.82, 2.24) is 10.9 Å². The number of carbonyl (C=O) groups is 3. The molecular weight excluding hydrogens is 395 g/mol. The molecular formula is C17H21FN2O7S. The molecule has 0 radical (unpaired) electrons. The van der Waals surface area contributed by atoms with Gasteiger partial charge in [0, 0.05) is 6.42 Å². The van der Waals surface area contributed by atoms with Gasteiger partial charge in [0.15, 0.2) is 28.0 Å². The van der Waals surface area contributed by atoms with E-state index >= 15 is 0 Å². The van der Waals surface area contributed by atoms with Gasteiger partial charge in [0.25, 0.3) is 5.91 Å². The Kier molecular flexibility index (Phi) is 7.32. The third-order valence-corrected chi connectivity index (χ3v) is 5.91. The molecule has 0 aliphatic carbocycles. The van der Waals surface area contributed by atoms with E-state index in [1.165, 1.54) is 19.2 Å². The summed E-state index contributed by atoms with van der Waals surface area (Å²) in [4.78, 5) is 35.0. The molecule has 2 amide bonds. The Hall–Kier alpha value is -2.69. The minimum absolute atomic E-state index is 0.0255. The molecule has 0 saturated carbocycles. The molecule has 2 rings (SSSR count). The van der Waals surface area contributed by atoms with Gasteiger partial charge in [-0.25, -0.2) is 12.8 Å². The van der Waals surface area contributed by atoms with Crippen LogP contribution in [0, 0.1) is 11.7 Å². The number of amides is 2. The lowest BCUT2D eigenvalue weighted by Crippen LogP contribution is -2.44. The maximum atomic E-state index is 13.6. The number of sulfone groups is 1. The number of hydrazine groups is 1. The molecule has 28 heavy (non-hydrogen) atoms. The maximum Gasteiger partial charge on any atom is 0.310 e. The van der Waals surface area contributed by atoms with Gasteiger partial charge in [-0.05, 0) is 30.0 Å². The molecule has 1 heterocycles. The largest absolute Gasteiger partial charge is 0.494 e. The molecule has 11 heteroatoms. The third-order valence-electron chi connectivity index (χ3n) is 4.07. The van der Waals surface area contributed by atoms with Gasteiger partial charge in [-0.15, -0.1) is 0 Å². The molecule has 1 atom stereocenters. The number of carbonyl (C=O) groups excluding carboxylic acids is 3. The quantitative estimate of drug-likeness (QED) is 0.469. The first kappa shape index (κ1) is 21.6. The molecule has 9 nitrogen and oxygen atoms in total. The molecule has 0 bridgehead atoms. The highest BCUT2D eigenvalue weighted by Gasteiger charge is 2.29. The van der Waals surface area contributed by atoms with Gasteiger partial charge in [-0.2, -0.15) is 0 Å². The van der Waals surface area contributed by atoms with Crippen LogP contribution >= 0.6 is 0 Å². The Morgan fingerprint density at radius 2 is 1.93 bits per heavy atom. The van der Waals surface area contributed by atoms with Gasteiger partial charge in [-0.3, -0.25) is 25.2 Å². The van der Waals surface area contributed by atoms with Gasteiger partial charge >= 0.3 is 5.97 Å². The zero-order valence-corrected chi connectivity index (χ0v) is 16.0. The van der Waals surface area contributed by atoms with E-state index in [0.29, 0.717) is 12.0 Å². The van der Waals surface area contributed by atoms with Crippen LogP contribution in [0.1, 0.15) is 18.4 Å². The summed E-state index contributed by atoms with van der Waals surface area (Å²) in [7, 11) is -1.76. The van der Waals surface area contributed by atoms with Crippen molar-refractivity contribution in [2.75, 3.05) is 25.2 Å². The second-order valence-electron chi connectivity index (χ2n) is 6.38. The van der Waals surface area contributed by atoms with Gasteiger partial charge in [0.05, 0.1) is 25.0 Å². The summed E-state index contributed by atoms with van der Waals surface area (Å²) in [5.74, 6) is -2.88. The average Bonchev–Trinajstić information content (AvgIpc) is 2.96. The van der Waals surface area contributed by atoms with Crippen molar-refractivity contribution in [3.05, 3.63) is 29.6 Å². The Labute approximate surface area is 161 Å². The summed E-state index contributed by atoms with van der Waals surface area (Å²) < 4.78 is 45.8. The fraction of sp³-hybridized carbons (Fsp3) is 0.471. The lowest BCUT2D eigenvalue weighted by atomic mass is 10.1. The number of hydrogen-bond donors (Lipinski definition) is 2. The van der Waals surface area contributed by atoms with Crippen molar-refractivity contribution in [2.24, 2.45) is 5.92 Å². The molecule has 1 aliphatic heterocycles. The maximum absolute atomic E-state index is 13.6. The second-order valence-corrected chi connectivity index (χ2v) is 8.60. The lowest BCUT2D eigenvalue weighted by Gasteiger charge is -2.10. The van der Waals surface area contributed by atoms with E-state index in [1.807, 2.05) is 0 Å². The van der Waals surface area contributed by atoms with Crippen LogP contribution in [-0.2, 0) is 35.4 Å². The van der Waals surface area contributed by atoms with Crippen molar-refractivity contribution in [1.29, 1.82) is 0 Å². The van der Waals surface area contributed by atoms with E-state index < -0.39 is 40.0 Å². The molecule has 154 valence electrons. The van der Waals surface area contributed by atoms with Crippen LogP contribution in [0.25, 0.3) is 0 Å². The van der Waals surface area contributed by atoms with E-state index in [-0.39, 0.29) is 36.0 Å². The highest BCUT2D eigenvalue weighted by atomic mass is 32.2. The number of methoxy groups -OCH3 is 1. The number of hydrogen-bond acceptors (Lipinski definition) is 7. The molecule has 1 saturated heterocycles. The molecule has 0 spiro atoms. The van der Waals surface area contributed by atoms with Crippen LogP contribution in [0.2, 0.25) is 0 Å². The van der Waals surface area contributed by atoms with Crippen LogP contribution in [-0.4, -0.2) is 51.4 Å². The minimum Gasteiger partial charge on any atom is -0.494 e. The SMILES string of the molecule is COc1ccc(CC(=O)OCC(=O)NNC(=O)C[C@H]2CCS(=O)(=O)C2)cc1F. The predicted molar refractivity (Wildman–Crippen MR) is 95.3 cm³/mol. The van der Waals surface area contributed by atoms with Crippen molar-refractivity contribution >= 4 is 27.6 Å². The highest BCUT2D eigenvalue weighted by Crippen LogP contribution is 2.21. The van der Waals surface area contributed by atoms with E-state index in [1.54, 1.807) is 0 Å². The van der Waals surface area contributed by atoms with Crippen molar-refractivity contribution in [3.8, 4) is 5.75 Å². The van der Waals surface area contributed by atoms with Crippen LogP contribution in [0.5, 0.6) is 5.75 Å². The van der Waals surface area contributed by atoms with Gasteiger partial charge in [0.1, 0.15) is 0 Å². The summed E-state index contributed by atoms with van der Waals surface area (Å²) in [6.07, 6.45) is 0.145. The van der Waals surface area contributed by atoms with E-state index in [2.05, 4.69) is 10.9 Å². The van der Waals surface area contributed by atoms with E-state index in [4.69, 9.17) is 9.47 Å². The van der Waals surface area contributed by atoms with E-state index in [9.17, 15) is 27.2 Å². The molecule has 1 aliphatic rings. The first-order valence-corrected chi connectivity index (χ1v) is 10.3.